The summed E-state index contributed by atoms with van der Waals surface area (Å²) in [5.74, 6) is 2.03. The number of unbranched alkanes of at least 4 members (excludes halogenated alkanes) is 1. The van der Waals surface area contributed by atoms with Gasteiger partial charge in [-0.3, -0.25) is 4.79 Å². The zero-order chi connectivity index (χ0) is 27.2. The van der Waals surface area contributed by atoms with Gasteiger partial charge in [0.2, 0.25) is 6.29 Å². The molecule has 0 aliphatic carbocycles. The summed E-state index contributed by atoms with van der Waals surface area (Å²) in [6.45, 7) is 2.65. The SMILES string of the molecule is CCCCNC(=O)C(C1=COC(Cc2ccccc2)O1)n1c(-c2ccc(OC)cc2OC)nc2ccccc21. The Hall–Kier alpha value is -4.46. The molecule has 0 bridgehead atoms. The Morgan fingerprint density at radius 1 is 1.05 bits per heavy atom. The molecular weight excluding hydrogens is 494 g/mol. The van der Waals surface area contributed by atoms with E-state index in [1.165, 1.54) is 0 Å². The third-order valence-electron chi connectivity index (χ3n) is 6.70. The topological polar surface area (TPSA) is 83.8 Å². The van der Waals surface area contributed by atoms with E-state index < -0.39 is 12.3 Å². The lowest BCUT2D eigenvalue weighted by Gasteiger charge is -2.23. The number of carbonyl (C=O) groups excluding carboxylic acids is 1. The average Bonchev–Trinajstić information content (AvgIpc) is 3.58. The van der Waals surface area contributed by atoms with Gasteiger partial charge in [-0.15, -0.1) is 0 Å². The Morgan fingerprint density at radius 3 is 2.62 bits per heavy atom. The number of hydrogen-bond donors (Lipinski definition) is 1. The molecule has 0 radical (unpaired) electrons. The number of benzene rings is 3. The lowest BCUT2D eigenvalue weighted by molar-refractivity contribution is -0.124. The summed E-state index contributed by atoms with van der Waals surface area (Å²) in [5.41, 5.74) is 3.34. The van der Waals surface area contributed by atoms with E-state index in [0.29, 0.717) is 36.0 Å². The molecular formula is C31H33N3O5. The van der Waals surface area contributed by atoms with E-state index in [-0.39, 0.29) is 5.91 Å². The summed E-state index contributed by atoms with van der Waals surface area (Å²) in [5, 5.41) is 3.09. The molecule has 5 rings (SSSR count). The number of rotatable bonds is 11. The molecule has 1 aliphatic rings. The monoisotopic (exact) mass is 527 g/mol. The highest BCUT2D eigenvalue weighted by atomic mass is 16.7. The van der Waals surface area contributed by atoms with Gasteiger partial charge in [-0.25, -0.2) is 4.98 Å². The van der Waals surface area contributed by atoms with E-state index in [9.17, 15) is 4.79 Å². The van der Waals surface area contributed by atoms with Gasteiger partial charge in [-0.1, -0.05) is 55.8 Å². The number of carbonyl (C=O) groups is 1. The first-order chi connectivity index (χ1) is 19.1. The van der Waals surface area contributed by atoms with Crippen LogP contribution in [-0.4, -0.2) is 42.5 Å². The Labute approximate surface area is 228 Å². The molecule has 2 atom stereocenters. The molecule has 0 saturated carbocycles. The Kier molecular flexibility index (Phi) is 8.01. The summed E-state index contributed by atoms with van der Waals surface area (Å²) in [4.78, 5) is 18.8. The van der Waals surface area contributed by atoms with Gasteiger partial charge >= 0.3 is 0 Å². The maximum Gasteiger partial charge on any atom is 0.251 e. The molecule has 2 heterocycles. The second-order valence-electron chi connectivity index (χ2n) is 9.30. The zero-order valence-electron chi connectivity index (χ0n) is 22.4. The van der Waals surface area contributed by atoms with Crippen molar-refractivity contribution < 1.29 is 23.7 Å². The number of para-hydroxylation sites is 2. The molecule has 1 aliphatic heterocycles. The van der Waals surface area contributed by atoms with Crippen LogP contribution in [0.4, 0.5) is 0 Å². The fourth-order valence-electron chi connectivity index (χ4n) is 4.71. The Morgan fingerprint density at radius 2 is 1.85 bits per heavy atom. The van der Waals surface area contributed by atoms with Crippen LogP contribution in [0.15, 0.2) is 84.8 Å². The van der Waals surface area contributed by atoms with E-state index in [2.05, 4.69) is 12.2 Å². The van der Waals surface area contributed by atoms with Crippen molar-refractivity contribution in [2.75, 3.05) is 20.8 Å². The molecule has 8 nitrogen and oxygen atoms in total. The van der Waals surface area contributed by atoms with E-state index in [0.717, 1.165) is 35.0 Å². The third kappa shape index (κ3) is 5.55. The molecule has 39 heavy (non-hydrogen) atoms. The molecule has 1 N–H and O–H groups in total. The van der Waals surface area contributed by atoms with E-state index in [4.69, 9.17) is 23.9 Å². The first-order valence-corrected chi connectivity index (χ1v) is 13.2. The highest BCUT2D eigenvalue weighted by Gasteiger charge is 2.36. The summed E-state index contributed by atoms with van der Waals surface area (Å²) >= 11 is 0. The number of amides is 1. The van der Waals surface area contributed by atoms with Gasteiger partial charge in [0.1, 0.15) is 23.6 Å². The first kappa shape index (κ1) is 26.2. The fourth-order valence-corrected chi connectivity index (χ4v) is 4.71. The number of nitrogens with one attached hydrogen (secondary N) is 1. The van der Waals surface area contributed by atoms with E-state index in [1.54, 1.807) is 26.5 Å². The smallest absolute Gasteiger partial charge is 0.251 e. The normalized spacial score (nSPS) is 15.3. The minimum Gasteiger partial charge on any atom is -0.497 e. The predicted molar refractivity (Wildman–Crippen MR) is 149 cm³/mol. The number of methoxy groups -OCH3 is 2. The van der Waals surface area contributed by atoms with Crippen molar-refractivity contribution in [2.45, 2.75) is 38.5 Å². The lowest BCUT2D eigenvalue weighted by atomic mass is 10.1. The van der Waals surface area contributed by atoms with Gasteiger partial charge < -0.3 is 28.8 Å². The van der Waals surface area contributed by atoms with Crippen molar-refractivity contribution in [3.63, 3.8) is 0 Å². The summed E-state index contributed by atoms with van der Waals surface area (Å²) in [6.07, 6.45) is 3.41. The number of nitrogens with zero attached hydrogens (tertiary/aromatic N) is 2. The maximum atomic E-state index is 13.9. The van der Waals surface area contributed by atoms with Gasteiger partial charge in [0.15, 0.2) is 11.8 Å². The molecule has 4 aromatic rings. The predicted octanol–water partition coefficient (Wildman–Crippen LogP) is 5.63. The van der Waals surface area contributed by atoms with Crippen molar-refractivity contribution >= 4 is 16.9 Å². The number of hydrogen-bond acceptors (Lipinski definition) is 6. The number of fused-ring (bicyclic) bond motifs is 1. The van der Waals surface area contributed by atoms with Crippen molar-refractivity contribution in [1.29, 1.82) is 0 Å². The lowest BCUT2D eigenvalue weighted by Crippen LogP contribution is -2.35. The van der Waals surface area contributed by atoms with Crippen LogP contribution in [0.5, 0.6) is 11.5 Å². The molecule has 0 saturated heterocycles. The van der Waals surface area contributed by atoms with Crippen LogP contribution in [0.25, 0.3) is 22.4 Å². The van der Waals surface area contributed by atoms with Crippen LogP contribution < -0.4 is 14.8 Å². The van der Waals surface area contributed by atoms with Crippen LogP contribution in [0, 0.1) is 0 Å². The van der Waals surface area contributed by atoms with Gasteiger partial charge in [0.25, 0.3) is 5.91 Å². The quantitative estimate of drug-likeness (QED) is 0.254. The molecule has 1 aromatic heterocycles. The van der Waals surface area contributed by atoms with Gasteiger partial charge in [0, 0.05) is 19.0 Å². The van der Waals surface area contributed by atoms with Crippen LogP contribution in [0.2, 0.25) is 0 Å². The van der Waals surface area contributed by atoms with Gasteiger partial charge in [-0.05, 0) is 36.2 Å². The highest BCUT2D eigenvalue weighted by Crippen LogP contribution is 2.39. The minimum atomic E-state index is -0.850. The van der Waals surface area contributed by atoms with E-state index >= 15 is 0 Å². The number of aromatic nitrogens is 2. The van der Waals surface area contributed by atoms with Crippen molar-refractivity contribution in [3.05, 3.63) is 90.4 Å². The van der Waals surface area contributed by atoms with Crippen molar-refractivity contribution in [1.82, 2.24) is 14.9 Å². The summed E-state index contributed by atoms with van der Waals surface area (Å²) in [7, 11) is 3.21. The van der Waals surface area contributed by atoms with Crippen LogP contribution in [0.1, 0.15) is 31.4 Å². The van der Waals surface area contributed by atoms with Gasteiger partial charge in [-0.2, -0.15) is 0 Å². The van der Waals surface area contributed by atoms with Crippen LogP contribution >= 0.6 is 0 Å². The van der Waals surface area contributed by atoms with Crippen LogP contribution in [0.3, 0.4) is 0 Å². The van der Waals surface area contributed by atoms with Gasteiger partial charge in [0.05, 0.1) is 30.8 Å². The fraction of sp³-hybridized carbons (Fsp3) is 0.290. The average molecular weight is 528 g/mol. The third-order valence-corrected chi connectivity index (χ3v) is 6.70. The summed E-state index contributed by atoms with van der Waals surface area (Å²) in [6, 6.07) is 22.4. The molecule has 2 unspecified atom stereocenters. The largest absolute Gasteiger partial charge is 0.497 e. The maximum absolute atomic E-state index is 13.9. The van der Waals surface area contributed by atoms with Crippen LogP contribution in [-0.2, 0) is 20.7 Å². The van der Waals surface area contributed by atoms with Crippen molar-refractivity contribution in [3.8, 4) is 22.9 Å². The van der Waals surface area contributed by atoms with E-state index in [1.807, 2.05) is 71.3 Å². The second kappa shape index (κ2) is 11.9. The number of ether oxygens (including phenoxy) is 4. The molecule has 3 aromatic carbocycles. The summed E-state index contributed by atoms with van der Waals surface area (Å²) < 4.78 is 25.2. The molecule has 202 valence electrons. The standard InChI is InChI=1S/C31H33N3O5/c1-4-5-17-32-31(35)29(27-20-38-28(39-27)18-21-11-7-6-8-12-21)34-25-14-10-9-13-24(25)33-30(34)23-16-15-22(36-2)19-26(23)37-3/h6-16,19-20,28-29H,4-5,17-18H2,1-3H3,(H,32,35). The second-order valence-corrected chi connectivity index (χ2v) is 9.30. The number of imidazole rings is 1. The molecule has 0 spiro atoms. The highest BCUT2D eigenvalue weighted by molar-refractivity contribution is 5.89. The Bertz CT molecular complexity index is 1460. The zero-order valence-corrected chi connectivity index (χ0v) is 22.4. The molecule has 8 heteroatoms. The molecule has 1 amide bonds. The van der Waals surface area contributed by atoms with Crippen molar-refractivity contribution in [2.24, 2.45) is 0 Å². The minimum absolute atomic E-state index is 0.199. The molecule has 0 fully saturated rings. The first-order valence-electron chi connectivity index (χ1n) is 13.2. The Balaban J connectivity index is 1.59.